The van der Waals surface area contributed by atoms with Gasteiger partial charge in [0.2, 0.25) is 5.91 Å². The van der Waals surface area contributed by atoms with E-state index in [1.54, 1.807) is 25.2 Å². The molecule has 0 saturated heterocycles. The summed E-state index contributed by atoms with van der Waals surface area (Å²) in [6, 6.07) is 5.16. The van der Waals surface area contributed by atoms with Crippen LogP contribution in [0.1, 0.15) is 25.7 Å². The molecule has 1 amide bonds. The predicted octanol–water partition coefficient (Wildman–Crippen LogP) is 1.11. The summed E-state index contributed by atoms with van der Waals surface area (Å²) in [5, 5.41) is 2.72. The fourth-order valence-electron chi connectivity index (χ4n) is 4.17. The van der Waals surface area contributed by atoms with E-state index in [0.29, 0.717) is 17.2 Å². The number of rotatable bonds is 3. The molecule has 1 saturated carbocycles. The average molecular weight is 411 g/mol. The van der Waals surface area contributed by atoms with Gasteiger partial charge in [0.05, 0.1) is 6.33 Å². The number of fused-ring (bicyclic) bond motifs is 2. The van der Waals surface area contributed by atoms with Gasteiger partial charge in [0.1, 0.15) is 6.54 Å². The van der Waals surface area contributed by atoms with Gasteiger partial charge in [-0.05, 0) is 25.0 Å². The number of amides is 1. The van der Waals surface area contributed by atoms with Gasteiger partial charge in [-0.3, -0.25) is 14.2 Å². The summed E-state index contributed by atoms with van der Waals surface area (Å²) in [6.07, 6.45) is 5.25. The van der Waals surface area contributed by atoms with E-state index in [1.165, 1.54) is 22.5 Å². The number of aromatic nitrogens is 4. The predicted molar refractivity (Wildman–Crippen MR) is 108 cm³/mol. The molecule has 1 fully saturated rings. The van der Waals surface area contributed by atoms with E-state index in [0.717, 1.165) is 30.3 Å². The molecule has 156 valence electrons. The molecule has 0 radical (unpaired) electrons. The van der Waals surface area contributed by atoms with Crippen molar-refractivity contribution in [3.8, 4) is 11.5 Å². The van der Waals surface area contributed by atoms with E-state index in [2.05, 4.69) is 10.3 Å². The number of imidazole rings is 1. The fraction of sp³-hybridized carbons (Fsp3) is 0.400. The summed E-state index contributed by atoms with van der Waals surface area (Å²) in [5.74, 6) is 0.161. The number of hydrogen-bond donors (Lipinski definition) is 1. The zero-order chi connectivity index (χ0) is 21.0. The lowest BCUT2D eigenvalue weighted by atomic mass is 10.2. The largest absolute Gasteiger partial charge is 0.448 e. The molecule has 0 atom stereocenters. The molecule has 3 heterocycles. The number of ether oxygens (including phenoxy) is 2. The van der Waals surface area contributed by atoms with Gasteiger partial charge in [0, 0.05) is 38.7 Å². The van der Waals surface area contributed by atoms with Gasteiger partial charge >= 0.3 is 5.69 Å². The van der Waals surface area contributed by atoms with Crippen LogP contribution in [0.4, 0.5) is 5.69 Å². The van der Waals surface area contributed by atoms with Crippen molar-refractivity contribution < 1.29 is 14.3 Å². The highest BCUT2D eigenvalue weighted by Crippen LogP contribution is 2.47. The number of nitrogens with one attached hydrogen (secondary N) is 1. The summed E-state index contributed by atoms with van der Waals surface area (Å²) in [4.78, 5) is 42.0. The lowest BCUT2D eigenvalue weighted by Gasteiger charge is -2.21. The molecule has 1 spiro atoms. The highest BCUT2D eigenvalue weighted by atomic mass is 16.7. The van der Waals surface area contributed by atoms with Crippen molar-refractivity contribution in [2.75, 3.05) is 5.32 Å². The summed E-state index contributed by atoms with van der Waals surface area (Å²) < 4.78 is 15.7. The van der Waals surface area contributed by atoms with Crippen LogP contribution in [0.25, 0.3) is 11.2 Å². The van der Waals surface area contributed by atoms with E-state index in [4.69, 9.17) is 9.47 Å². The van der Waals surface area contributed by atoms with Crippen molar-refractivity contribution in [2.24, 2.45) is 14.1 Å². The molecule has 2 aromatic heterocycles. The van der Waals surface area contributed by atoms with Crippen molar-refractivity contribution in [3.05, 3.63) is 45.4 Å². The topological polar surface area (TPSA) is 109 Å². The van der Waals surface area contributed by atoms with Crippen LogP contribution in [0.5, 0.6) is 11.5 Å². The van der Waals surface area contributed by atoms with Gasteiger partial charge in [-0.25, -0.2) is 14.3 Å². The smallest absolute Gasteiger partial charge is 0.332 e. The first kappa shape index (κ1) is 18.5. The molecule has 10 heteroatoms. The van der Waals surface area contributed by atoms with Crippen molar-refractivity contribution >= 4 is 22.8 Å². The number of benzene rings is 1. The Morgan fingerprint density at radius 1 is 1.17 bits per heavy atom. The third-order valence-corrected chi connectivity index (χ3v) is 5.69. The molecule has 1 aliphatic heterocycles. The molecule has 30 heavy (non-hydrogen) atoms. The highest BCUT2D eigenvalue weighted by molar-refractivity contribution is 5.91. The summed E-state index contributed by atoms with van der Waals surface area (Å²) in [7, 11) is 3.18. The van der Waals surface area contributed by atoms with Crippen LogP contribution in [0.2, 0.25) is 0 Å². The Bertz CT molecular complexity index is 1300. The molecule has 5 rings (SSSR count). The quantitative estimate of drug-likeness (QED) is 0.692. The second-order valence-corrected chi connectivity index (χ2v) is 7.79. The van der Waals surface area contributed by atoms with E-state index in [-0.39, 0.29) is 11.2 Å². The summed E-state index contributed by atoms with van der Waals surface area (Å²) in [5.41, 5.74) is -0.119. The molecule has 2 aliphatic rings. The van der Waals surface area contributed by atoms with Crippen molar-refractivity contribution in [2.45, 2.75) is 38.0 Å². The van der Waals surface area contributed by atoms with Crippen molar-refractivity contribution in [1.82, 2.24) is 18.7 Å². The second kappa shape index (κ2) is 6.48. The number of nitrogens with zero attached hydrogens (tertiary/aromatic N) is 4. The maximum absolute atomic E-state index is 12.7. The normalized spacial score (nSPS) is 16.5. The van der Waals surface area contributed by atoms with Crippen molar-refractivity contribution in [1.29, 1.82) is 0 Å². The lowest BCUT2D eigenvalue weighted by Crippen LogP contribution is -2.42. The van der Waals surface area contributed by atoms with Crippen LogP contribution in [-0.2, 0) is 25.4 Å². The van der Waals surface area contributed by atoms with Crippen LogP contribution in [0.3, 0.4) is 0 Å². The first-order chi connectivity index (χ1) is 14.4. The maximum Gasteiger partial charge on any atom is 0.332 e. The van der Waals surface area contributed by atoms with Gasteiger partial charge in [-0.1, -0.05) is 0 Å². The Morgan fingerprint density at radius 3 is 2.67 bits per heavy atom. The van der Waals surface area contributed by atoms with Gasteiger partial charge in [-0.15, -0.1) is 0 Å². The monoisotopic (exact) mass is 411 g/mol. The molecule has 0 unspecified atom stereocenters. The minimum atomic E-state index is -0.602. The number of carbonyl (C=O) groups is 1. The Hall–Kier alpha value is -3.56. The highest BCUT2D eigenvalue weighted by Gasteiger charge is 2.44. The molecule has 10 nitrogen and oxygen atoms in total. The number of anilines is 1. The summed E-state index contributed by atoms with van der Waals surface area (Å²) >= 11 is 0. The van der Waals surface area contributed by atoms with Crippen LogP contribution in [-0.4, -0.2) is 30.4 Å². The standard InChI is InChI=1S/C20H21N5O5/c1-23-11-21-17-16(23)18(27)25(19(28)24(17)2)10-15(26)22-12-5-6-13-14(9-12)30-20(29-13)7-3-4-8-20/h5-6,9,11H,3-4,7-8,10H2,1-2H3,(H,22,26). The van der Waals surface area contributed by atoms with E-state index in [1.807, 2.05) is 0 Å². The van der Waals surface area contributed by atoms with Gasteiger partial charge in [0.25, 0.3) is 11.3 Å². The first-order valence-electron chi connectivity index (χ1n) is 9.80. The van der Waals surface area contributed by atoms with Gasteiger partial charge in [0.15, 0.2) is 22.7 Å². The minimum absolute atomic E-state index is 0.259. The molecule has 1 aromatic carbocycles. The number of hydrogen-bond acceptors (Lipinski definition) is 6. The molecule has 0 bridgehead atoms. The Labute approximate surface area is 170 Å². The van der Waals surface area contributed by atoms with E-state index in [9.17, 15) is 14.4 Å². The van der Waals surface area contributed by atoms with Crippen LogP contribution in [0.15, 0.2) is 34.1 Å². The van der Waals surface area contributed by atoms with Crippen molar-refractivity contribution in [3.63, 3.8) is 0 Å². The van der Waals surface area contributed by atoms with Crippen LogP contribution < -0.4 is 26.0 Å². The fourth-order valence-corrected chi connectivity index (χ4v) is 4.17. The van der Waals surface area contributed by atoms with Crippen LogP contribution in [0, 0.1) is 0 Å². The Kier molecular flexibility index (Phi) is 3.99. The van der Waals surface area contributed by atoms with E-state index >= 15 is 0 Å². The SMILES string of the molecule is Cn1cnc2c1c(=O)n(CC(=O)Nc1ccc3c(c1)OC1(CCCC1)O3)c(=O)n2C. The van der Waals surface area contributed by atoms with E-state index < -0.39 is 29.5 Å². The first-order valence-corrected chi connectivity index (χ1v) is 9.80. The third kappa shape index (κ3) is 2.78. The maximum atomic E-state index is 12.7. The molecule has 3 aromatic rings. The number of aryl methyl sites for hydroxylation is 2. The summed E-state index contributed by atoms with van der Waals surface area (Å²) in [6.45, 7) is -0.412. The zero-order valence-corrected chi connectivity index (χ0v) is 16.7. The Balaban J connectivity index is 1.39. The average Bonchev–Trinajstić information content (AvgIpc) is 3.42. The molecular formula is C20H21N5O5. The van der Waals surface area contributed by atoms with Gasteiger partial charge in [-0.2, -0.15) is 0 Å². The molecule has 1 aliphatic carbocycles. The minimum Gasteiger partial charge on any atom is -0.448 e. The lowest BCUT2D eigenvalue weighted by molar-refractivity contribution is -0.116. The van der Waals surface area contributed by atoms with Crippen LogP contribution >= 0.6 is 0 Å². The Morgan fingerprint density at radius 2 is 1.90 bits per heavy atom. The second-order valence-electron chi connectivity index (χ2n) is 7.79. The molecular weight excluding hydrogens is 390 g/mol. The number of carbonyl (C=O) groups excluding carboxylic acids is 1. The van der Waals surface area contributed by atoms with Gasteiger partial charge < -0.3 is 19.4 Å². The molecule has 1 N–H and O–H groups in total. The third-order valence-electron chi connectivity index (χ3n) is 5.69. The zero-order valence-electron chi connectivity index (χ0n) is 16.7.